The molecule has 1 amide bonds. The van der Waals surface area contributed by atoms with Crippen molar-refractivity contribution in [2.24, 2.45) is 0 Å². The summed E-state index contributed by atoms with van der Waals surface area (Å²) in [6.45, 7) is -3.06. The highest BCUT2D eigenvalue weighted by atomic mass is 19.3. The van der Waals surface area contributed by atoms with Gasteiger partial charge in [-0.15, -0.1) is 5.10 Å². The quantitative estimate of drug-likeness (QED) is 0.536. The molecule has 10 heteroatoms. The normalized spacial score (nSPS) is 11.2. The van der Waals surface area contributed by atoms with E-state index in [4.69, 9.17) is 4.74 Å². The van der Waals surface area contributed by atoms with Crippen LogP contribution in [0.4, 0.5) is 8.78 Å². The number of hydrogen-bond acceptors (Lipinski definition) is 6. The summed E-state index contributed by atoms with van der Waals surface area (Å²) in [6.07, 6.45) is 0. The summed E-state index contributed by atoms with van der Waals surface area (Å²) < 4.78 is 36.2. The number of hydrogen-bond donors (Lipinski definition) is 1. The lowest BCUT2D eigenvalue weighted by atomic mass is 10.2. The molecule has 0 atom stereocenters. The van der Waals surface area contributed by atoms with Crippen LogP contribution in [0.5, 0.6) is 11.8 Å². The van der Waals surface area contributed by atoms with Crippen molar-refractivity contribution in [3.63, 3.8) is 0 Å². The van der Waals surface area contributed by atoms with Crippen LogP contribution >= 0.6 is 0 Å². The van der Waals surface area contributed by atoms with Gasteiger partial charge in [0, 0.05) is 5.39 Å². The number of fused-ring (bicyclic) bond motifs is 3. The lowest BCUT2D eigenvalue weighted by Gasteiger charge is -2.09. The van der Waals surface area contributed by atoms with Crippen LogP contribution in [-0.4, -0.2) is 39.2 Å². The number of carbonyl (C=O) groups excluding carboxylic acids is 1. The zero-order valence-electron chi connectivity index (χ0n) is 15.2. The molecule has 0 aliphatic heterocycles. The molecule has 29 heavy (non-hydrogen) atoms. The van der Waals surface area contributed by atoms with E-state index in [1.165, 1.54) is 29.8 Å². The third-order valence-electron chi connectivity index (χ3n) is 4.13. The summed E-state index contributed by atoms with van der Waals surface area (Å²) in [4.78, 5) is 21.3. The molecule has 0 saturated carbocycles. The number of aromatic nitrogens is 4. The number of ether oxygens (including phenoxy) is 2. The Balaban J connectivity index is 1.61. The van der Waals surface area contributed by atoms with Crippen molar-refractivity contribution in [3.05, 3.63) is 59.9 Å². The minimum atomic E-state index is -3.03. The topological polar surface area (TPSA) is 90.6 Å². The van der Waals surface area contributed by atoms with Gasteiger partial charge in [-0.2, -0.15) is 18.3 Å². The van der Waals surface area contributed by atoms with Gasteiger partial charge in [-0.05, 0) is 24.3 Å². The maximum Gasteiger partial charge on any atom is 0.387 e. The Hall–Kier alpha value is -3.82. The summed E-state index contributed by atoms with van der Waals surface area (Å²) in [5.41, 5.74) is 1.21. The monoisotopic (exact) mass is 399 g/mol. The molecule has 0 unspecified atom stereocenters. The summed E-state index contributed by atoms with van der Waals surface area (Å²) in [7, 11) is 1.47. The van der Waals surface area contributed by atoms with E-state index in [-0.39, 0.29) is 23.9 Å². The predicted octanol–water partition coefficient (Wildman–Crippen LogP) is 2.82. The van der Waals surface area contributed by atoms with Gasteiger partial charge in [-0.3, -0.25) is 4.79 Å². The van der Waals surface area contributed by atoms with Crippen molar-refractivity contribution in [2.45, 2.75) is 13.2 Å². The molecule has 2 heterocycles. The molecule has 8 nitrogen and oxygen atoms in total. The summed E-state index contributed by atoms with van der Waals surface area (Å²) in [5.74, 6) is -0.489. The minimum Gasteiger partial charge on any atom is -0.467 e. The molecule has 0 fully saturated rings. The second-order valence-electron chi connectivity index (χ2n) is 5.94. The van der Waals surface area contributed by atoms with E-state index in [9.17, 15) is 13.6 Å². The van der Waals surface area contributed by atoms with Gasteiger partial charge in [0.15, 0.2) is 11.5 Å². The fourth-order valence-corrected chi connectivity index (χ4v) is 2.89. The van der Waals surface area contributed by atoms with Crippen LogP contribution < -0.4 is 14.8 Å². The van der Waals surface area contributed by atoms with Gasteiger partial charge in [0.25, 0.3) is 5.91 Å². The van der Waals surface area contributed by atoms with Crippen LogP contribution in [0.15, 0.2) is 48.5 Å². The van der Waals surface area contributed by atoms with Crippen LogP contribution in [0.2, 0.25) is 0 Å². The minimum absolute atomic E-state index is 0.0127. The van der Waals surface area contributed by atoms with Crippen molar-refractivity contribution in [1.82, 2.24) is 24.9 Å². The molecular formula is C19H15F2N5O3. The highest BCUT2D eigenvalue weighted by Gasteiger charge is 2.17. The van der Waals surface area contributed by atoms with Crippen molar-refractivity contribution in [3.8, 4) is 11.8 Å². The Bertz CT molecular complexity index is 1200. The lowest BCUT2D eigenvalue weighted by Crippen LogP contribution is -2.24. The first-order valence-electron chi connectivity index (χ1n) is 8.57. The van der Waals surface area contributed by atoms with E-state index in [0.717, 1.165) is 5.39 Å². The zero-order chi connectivity index (χ0) is 20.4. The number of rotatable bonds is 6. The Morgan fingerprint density at radius 1 is 1.14 bits per heavy atom. The number of methoxy groups -OCH3 is 1. The predicted molar refractivity (Wildman–Crippen MR) is 99.1 cm³/mol. The molecule has 0 aliphatic carbocycles. The molecular weight excluding hydrogens is 384 g/mol. The molecule has 0 spiro atoms. The van der Waals surface area contributed by atoms with Gasteiger partial charge in [0.1, 0.15) is 5.75 Å². The van der Waals surface area contributed by atoms with E-state index in [0.29, 0.717) is 17.0 Å². The smallest absolute Gasteiger partial charge is 0.387 e. The molecule has 0 saturated heterocycles. The average Bonchev–Trinajstić information content (AvgIpc) is 3.16. The van der Waals surface area contributed by atoms with Crippen molar-refractivity contribution < 1.29 is 23.0 Å². The highest BCUT2D eigenvalue weighted by molar-refractivity contribution is 5.97. The molecule has 4 aromatic rings. The highest BCUT2D eigenvalue weighted by Crippen LogP contribution is 2.22. The number of alkyl halides is 2. The zero-order valence-corrected chi connectivity index (χ0v) is 15.2. The standard InChI is InChI=1S/C19H15F2N5O3/c1-28-19-23-13-8-4-2-6-11(13)16-24-15(25-26(16)19)10-22-17(27)12-7-3-5-9-14(12)29-18(20)21/h2-9,18H,10H2,1H3,(H,22,27). The SMILES string of the molecule is COc1nc2ccccc2c2nc(CNC(=O)c3ccccc3OC(F)F)nn12. The molecule has 2 aromatic carbocycles. The first kappa shape index (κ1) is 18.5. The third kappa shape index (κ3) is 3.64. The Morgan fingerprint density at radius 2 is 1.90 bits per heavy atom. The fraction of sp³-hybridized carbons (Fsp3) is 0.158. The number of benzene rings is 2. The summed E-state index contributed by atoms with van der Waals surface area (Å²) in [6, 6.07) is 13.4. The first-order valence-corrected chi connectivity index (χ1v) is 8.57. The van der Waals surface area contributed by atoms with Gasteiger partial charge in [-0.1, -0.05) is 24.3 Å². The lowest BCUT2D eigenvalue weighted by molar-refractivity contribution is -0.0501. The van der Waals surface area contributed by atoms with E-state index in [1.807, 2.05) is 24.3 Å². The van der Waals surface area contributed by atoms with Crippen molar-refractivity contribution in [2.75, 3.05) is 7.11 Å². The van der Waals surface area contributed by atoms with Gasteiger partial charge < -0.3 is 14.8 Å². The Morgan fingerprint density at radius 3 is 2.69 bits per heavy atom. The number of nitrogens with one attached hydrogen (secondary N) is 1. The number of amides is 1. The summed E-state index contributed by atoms with van der Waals surface area (Å²) >= 11 is 0. The van der Waals surface area contributed by atoms with Crippen LogP contribution in [0.1, 0.15) is 16.2 Å². The van der Waals surface area contributed by atoms with Gasteiger partial charge >= 0.3 is 12.6 Å². The van der Waals surface area contributed by atoms with Gasteiger partial charge in [-0.25, -0.2) is 4.98 Å². The van der Waals surface area contributed by atoms with E-state index in [2.05, 4.69) is 25.1 Å². The second-order valence-corrected chi connectivity index (χ2v) is 5.94. The summed E-state index contributed by atoms with van der Waals surface area (Å²) in [5, 5.41) is 7.71. The fourth-order valence-electron chi connectivity index (χ4n) is 2.89. The molecule has 1 N–H and O–H groups in total. The maximum atomic E-state index is 12.5. The number of para-hydroxylation sites is 2. The third-order valence-corrected chi connectivity index (χ3v) is 4.13. The van der Waals surface area contributed by atoms with E-state index >= 15 is 0 Å². The average molecular weight is 399 g/mol. The number of carbonyl (C=O) groups is 1. The van der Waals surface area contributed by atoms with Crippen LogP contribution in [0, 0.1) is 0 Å². The number of halogens is 2. The Labute approximate surface area is 163 Å². The second kappa shape index (κ2) is 7.66. The van der Waals surface area contributed by atoms with Crippen molar-refractivity contribution in [1.29, 1.82) is 0 Å². The molecule has 0 aliphatic rings. The molecule has 2 aromatic heterocycles. The molecule has 0 radical (unpaired) electrons. The maximum absolute atomic E-state index is 12.5. The molecule has 0 bridgehead atoms. The Kier molecular flexibility index (Phi) is 4.90. The molecule has 4 rings (SSSR count). The van der Waals surface area contributed by atoms with Gasteiger partial charge in [0.2, 0.25) is 0 Å². The van der Waals surface area contributed by atoms with E-state index in [1.54, 1.807) is 6.07 Å². The first-order chi connectivity index (χ1) is 14.1. The van der Waals surface area contributed by atoms with Crippen molar-refractivity contribution >= 4 is 22.5 Å². The van der Waals surface area contributed by atoms with Crippen LogP contribution in [-0.2, 0) is 6.54 Å². The largest absolute Gasteiger partial charge is 0.467 e. The van der Waals surface area contributed by atoms with Crippen LogP contribution in [0.25, 0.3) is 16.6 Å². The number of nitrogens with zero attached hydrogens (tertiary/aromatic N) is 4. The molecule has 148 valence electrons. The van der Waals surface area contributed by atoms with Gasteiger partial charge in [0.05, 0.1) is 24.7 Å². The van der Waals surface area contributed by atoms with Crippen LogP contribution in [0.3, 0.4) is 0 Å². The van der Waals surface area contributed by atoms with E-state index < -0.39 is 12.5 Å².